The van der Waals surface area contributed by atoms with Crippen molar-refractivity contribution >= 4 is 23.0 Å². The van der Waals surface area contributed by atoms with Crippen molar-refractivity contribution in [1.29, 1.82) is 0 Å². The number of hydrogen-bond donors (Lipinski definition) is 1. The molecule has 1 N–H and O–H groups in total. The lowest BCUT2D eigenvalue weighted by molar-refractivity contribution is -0.384. The average Bonchev–Trinajstić information content (AvgIpc) is 2.78. The number of nitro benzene ring substituents is 1. The topological polar surface area (TPSA) is 58.4 Å². The minimum atomic E-state index is -4.21. The van der Waals surface area contributed by atoms with Crippen molar-refractivity contribution in [3.63, 3.8) is 0 Å². The number of likely N-dealkylation sites (tertiary alicyclic amines) is 1. The molecule has 122 valence electrons. The molecule has 0 aliphatic carbocycles. The maximum atomic E-state index is 12.4. The molecule has 1 atom stereocenters. The van der Waals surface area contributed by atoms with Gasteiger partial charge in [0, 0.05) is 31.3 Å². The molecular weight excluding hydrogens is 323 g/mol. The number of alkyl halides is 3. The van der Waals surface area contributed by atoms with E-state index in [0.29, 0.717) is 24.2 Å². The molecule has 1 saturated heterocycles. The molecule has 1 aromatic carbocycles. The number of hydrogen-bond acceptors (Lipinski definition) is 4. The van der Waals surface area contributed by atoms with Crippen molar-refractivity contribution in [1.82, 2.24) is 4.90 Å². The molecule has 1 aliphatic heterocycles. The number of anilines is 1. The molecule has 1 unspecified atom stereocenters. The van der Waals surface area contributed by atoms with Crippen LogP contribution in [0.2, 0.25) is 5.02 Å². The molecule has 0 radical (unpaired) electrons. The number of benzene rings is 1. The Morgan fingerprint density at radius 3 is 2.73 bits per heavy atom. The van der Waals surface area contributed by atoms with E-state index in [4.69, 9.17) is 11.6 Å². The third-order valence-electron chi connectivity index (χ3n) is 3.51. The van der Waals surface area contributed by atoms with Crippen molar-refractivity contribution in [2.45, 2.75) is 25.6 Å². The summed E-state index contributed by atoms with van der Waals surface area (Å²) >= 11 is 6.04. The Hall–Kier alpha value is -1.54. The second kappa shape index (κ2) is 6.29. The molecule has 2 rings (SSSR count). The fraction of sp³-hybridized carbons (Fsp3) is 0.538. The summed E-state index contributed by atoms with van der Waals surface area (Å²) in [7, 11) is 0. The van der Waals surface area contributed by atoms with Crippen molar-refractivity contribution in [2.24, 2.45) is 0 Å². The van der Waals surface area contributed by atoms with Gasteiger partial charge in [-0.15, -0.1) is 0 Å². The highest BCUT2D eigenvalue weighted by molar-refractivity contribution is 6.33. The maximum absolute atomic E-state index is 12.4. The summed E-state index contributed by atoms with van der Waals surface area (Å²) in [6, 6.07) is 2.45. The molecule has 0 bridgehead atoms. The number of rotatable bonds is 4. The van der Waals surface area contributed by atoms with Crippen LogP contribution in [0.25, 0.3) is 0 Å². The van der Waals surface area contributed by atoms with Gasteiger partial charge in [0.15, 0.2) is 0 Å². The van der Waals surface area contributed by atoms with Gasteiger partial charge in [-0.1, -0.05) is 11.6 Å². The molecule has 9 heteroatoms. The number of halogens is 4. The van der Waals surface area contributed by atoms with Gasteiger partial charge in [-0.3, -0.25) is 15.0 Å². The van der Waals surface area contributed by atoms with Gasteiger partial charge in [-0.05, 0) is 18.9 Å². The maximum Gasteiger partial charge on any atom is 0.401 e. The molecular formula is C13H15ClF3N3O2. The van der Waals surface area contributed by atoms with Crippen LogP contribution < -0.4 is 5.32 Å². The Balaban J connectivity index is 2.05. The van der Waals surface area contributed by atoms with E-state index in [9.17, 15) is 23.3 Å². The Labute approximate surface area is 130 Å². The van der Waals surface area contributed by atoms with E-state index in [1.807, 2.05) is 0 Å². The third kappa shape index (κ3) is 4.23. The number of nitro groups is 1. The molecule has 0 aromatic heterocycles. The third-order valence-corrected chi connectivity index (χ3v) is 3.80. The van der Waals surface area contributed by atoms with Gasteiger partial charge in [0.25, 0.3) is 5.69 Å². The summed E-state index contributed by atoms with van der Waals surface area (Å²) < 4.78 is 37.1. The van der Waals surface area contributed by atoms with E-state index < -0.39 is 17.6 Å². The zero-order valence-corrected chi connectivity index (χ0v) is 12.5. The predicted octanol–water partition coefficient (Wildman–Crippen LogP) is 3.61. The highest BCUT2D eigenvalue weighted by Gasteiger charge is 2.34. The standard InChI is InChI=1S/C13H15ClF3N3O2/c1-8-4-10(20(21)22)5-11(14)12(8)18-9-2-3-19(6-9)7-13(15,16)17/h4-5,9,18H,2-3,6-7H2,1H3. The van der Waals surface area contributed by atoms with E-state index in [0.717, 1.165) is 0 Å². The highest BCUT2D eigenvalue weighted by atomic mass is 35.5. The van der Waals surface area contributed by atoms with Crippen LogP contribution >= 0.6 is 11.6 Å². The van der Waals surface area contributed by atoms with Crippen LogP contribution in [0.5, 0.6) is 0 Å². The van der Waals surface area contributed by atoms with Crippen molar-refractivity contribution in [3.8, 4) is 0 Å². The second-order valence-electron chi connectivity index (χ2n) is 5.36. The number of nitrogens with one attached hydrogen (secondary N) is 1. The number of nitrogens with zero attached hydrogens (tertiary/aromatic N) is 2. The van der Waals surface area contributed by atoms with Gasteiger partial charge in [-0.25, -0.2) is 0 Å². The first kappa shape index (κ1) is 16.8. The van der Waals surface area contributed by atoms with Crippen LogP contribution in [0.3, 0.4) is 0 Å². The van der Waals surface area contributed by atoms with Gasteiger partial charge >= 0.3 is 6.18 Å². The minimum absolute atomic E-state index is 0.113. The molecule has 1 heterocycles. The molecule has 1 fully saturated rings. The molecule has 0 amide bonds. The van der Waals surface area contributed by atoms with E-state index >= 15 is 0 Å². The van der Waals surface area contributed by atoms with Crippen molar-refractivity contribution in [3.05, 3.63) is 32.8 Å². The second-order valence-corrected chi connectivity index (χ2v) is 5.76. The summed E-state index contributed by atoms with van der Waals surface area (Å²) in [5, 5.41) is 14.0. The van der Waals surface area contributed by atoms with Gasteiger partial charge < -0.3 is 5.32 Å². The quantitative estimate of drug-likeness (QED) is 0.673. The van der Waals surface area contributed by atoms with Crippen LogP contribution in [-0.2, 0) is 0 Å². The first-order chi connectivity index (χ1) is 10.2. The van der Waals surface area contributed by atoms with Crippen LogP contribution in [0.1, 0.15) is 12.0 Å². The first-order valence-corrected chi connectivity index (χ1v) is 7.03. The van der Waals surface area contributed by atoms with Crippen molar-refractivity contribution in [2.75, 3.05) is 25.0 Å². The average molecular weight is 338 g/mol. The minimum Gasteiger partial charge on any atom is -0.380 e. The summed E-state index contributed by atoms with van der Waals surface area (Å²) in [6.07, 6.45) is -3.65. The molecule has 0 saturated carbocycles. The molecule has 22 heavy (non-hydrogen) atoms. The smallest absolute Gasteiger partial charge is 0.380 e. The largest absolute Gasteiger partial charge is 0.401 e. The summed E-state index contributed by atoms with van der Waals surface area (Å²) in [4.78, 5) is 11.5. The number of aryl methyl sites for hydroxylation is 1. The van der Waals surface area contributed by atoms with Gasteiger partial charge in [-0.2, -0.15) is 13.2 Å². The van der Waals surface area contributed by atoms with Gasteiger partial charge in [0.05, 0.1) is 22.2 Å². The van der Waals surface area contributed by atoms with E-state index in [1.54, 1.807) is 6.92 Å². The Kier molecular flexibility index (Phi) is 4.81. The number of non-ortho nitro benzene ring substituents is 1. The fourth-order valence-electron chi connectivity index (χ4n) is 2.57. The summed E-state index contributed by atoms with van der Waals surface area (Å²) in [5.74, 6) is 0. The Morgan fingerprint density at radius 2 is 2.18 bits per heavy atom. The van der Waals surface area contributed by atoms with Crippen LogP contribution in [0, 0.1) is 17.0 Å². The van der Waals surface area contributed by atoms with E-state index in [1.165, 1.54) is 17.0 Å². The SMILES string of the molecule is Cc1cc([N+](=O)[O-])cc(Cl)c1NC1CCN(CC(F)(F)F)C1. The molecule has 1 aromatic rings. The van der Waals surface area contributed by atoms with Gasteiger partial charge in [0.2, 0.25) is 0 Å². The Bertz CT molecular complexity index is 557. The molecule has 1 aliphatic rings. The Morgan fingerprint density at radius 1 is 1.50 bits per heavy atom. The van der Waals surface area contributed by atoms with E-state index in [2.05, 4.69) is 5.32 Å². The van der Waals surface area contributed by atoms with Crippen molar-refractivity contribution < 1.29 is 18.1 Å². The summed E-state index contributed by atoms with van der Waals surface area (Å²) in [5.41, 5.74) is 1.01. The zero-order valence-electron chi connectivity index (χ0n) is 11.8. The van der Waals surface area contributed by atoms with Crippen LogP contribution in [-0.4, -0.2) is 41.7 Å². The van der Waals surface area contributed by atoms with E-state index in [-0.39, 0.29) is 23.3 Å². The highest BCUT2D eigenvalue weighted by Crippen LogP contribution is 2.32. The fourth-order valence-corrected chi connectivity index (χ4v) is 2.88. The van der Waals surface area contributed by atoms with Gasteiger partial charge in [0.1, 0.15) is 0 Å². The van der Waals surface area contributed by atoms with Crippen LogP contribution in [0.15, 0.2) is 12.1 Å². The molecule has 5 nitrogen and oxygen atoms in total. The molecule has 0 spiro atoms. The lowest BCUT2D eigenvalue weighted by atomic mass is 10.1. The zero-order chi connectivity index (χ0) is 16.5. The monoisotopic (exact) mass is 337 g/mol. The lowest BCUT2D eigenvalue weighted by Gasteiger charge is -2.20. The first-order valence-electron chi connectivity index (χ1n) is 6.66. The predicted molar refractivity (Wildman–Crippen MR) is 77.4 cm³/mol. The normalized spacial score (nSPS) is 19.4. The lowest BCUT2D eigenvalue weighted by Crippen LogP contribution is -2.34. The summed E-state index contributed by atoms with van der Waals surface area (Å²) in [6.45, 7) is 1.34. The van der Waals surface area contributed by atoms with Crippen LogP contribution in [0.4, 0.5) is 24.5 Å².